The van der Waals surface area contributed by atoms with Gasteiger partial charge in [0.05, 0.1) is 5.75 Å². The van der Waals surface area contributed by atoms with Crippen LogP contribution in [0.5, 0.6) is 0 Å². The standard InChI is InChI=1S/C10H21NO2S/c1-14(12,13)8-7-10(9-11)5-3-2-4-6-10/h2-9,11H2,1H3. The SMILES string of the molecule is CS(=O)(=O)CCC1(CN)CCCCC1. The Bertz CT molecular complexity index is 266. The predicted octanol–water partition coefficient (Wildman–Crippen LogP) is 1.33. The fraction of sp³-hybridized carbons (Fsp3) is 1.00. The van der Waals surface area contributed by atoms with E-state index in [1.165, 1.54) is 25.5 Å². The van der Waals surface area contributed by atoms with Crippen molar-refractivity contribution < 1.29 is 8.42 Å². The molecule has 0 aromatic heterocycles. The Morgan fingerprint density at radius 3 is 2.21 bits per heavy atom. The van der Waals surface area contributed by atoms with Gasteiger partial charge in [0, 0.05) is 6.26 Å². The van der Waals surface area contributed by atoms with Crippen molar-refractivity contribution in [3.05, 3.63) is 0 Å². The van der Waals surface area contributed by atoms with Gasteiger partial charge in [0.15, 0.2) is 0 Å². The van der Waals surface area contributed by atoms with Gasteiger partial charge in [-0.3, -0.25) is 0 Å². The van der Waals surface area contributed by atoms with Crippen LogP contribution >= 0.6 is 0 Å². The third kappa shape index (κ3) is 3.58. The monoisotopic (exact) mass is 219 g/mol. The van der Waals surface area contributed by atoms with Crippen molar-refractivity contribution in [1.82, 2.24) is 0 Å². The average molecular weight is 219 g/mol. The van der Waals surface area contributed by atoms with Gasteiger partial charge in [-0.05, 0) is 31.2 Å². The second kappa shape index (κ2) is 4.62. The maximum absolute atomic E-state index is 11.1. The Morgan fingerprint density at radius 1 is 1.21 bits per heavy atom. The largest absolute Gasteiger partial charge is 0.330 e. The van der Waals surface area contributed by atoms with Crippen LogP contribution in [-0.4, -0.2) is 27.0 Å². The number of rotatable bonds is 4. The highest BCUT2D eigenvalue weighted by Gasteiger charge is 2.31. The van der Waals surface area contributed by atoms with Crippen LogP contribution in [0.15, 0.2) is 0 Å². The zero-order valence-corrected chi connectivity index (χ0v) is 9.78. The molecule has 14 heavy (non-hydrogen) atoms. The molecular weight excluding hydrogens is 198 g/mol. The van der Waals surface area contributed by atoms with Crippen molar-refractivity contribution in [2.75, 3.05) is 18.6 Å². The molecule has 0 aromatic rings. The molecule has 0 aliphatic heterocycles. The van der Waals surface area contributed by atoms with Crippen LogP contribution in [-0.2, 0) is 9.84 Å². The molecule has 0 atom stereocenters. The highest BCUT2D eigenvalue weighted by Crippen LogP contribution is 2.38. The van der Waals surface area contributed by atoms with Gasteiger partial charge in [0.1, 0.15) is 9.84 Å². The smallest absolute Gasteiger partial charge is 0.147 e. The molecule has 0 unspecified atom stereocenters. The van der Waals surface area contributed by atoms with Crippen LogP contribution in [0, 0.1) is 5.41 Å². The molecule has 2 N–H and O–H groups in total. The van der Waals surface area contributed by atoms with E-state index < -0.39 is 9.84 Å². The van der Waals surface area contributed by atoms with Crippen molar-refractivity contribution in [1.29, 1.82) is 0 Å². The Hall–Kier alpha value is -0.0900. The molecule has 0 amide bonds. The second-order valence-corrected chi connectivity index (χ2v) is 6.90. The summed E-state index contributed by atoms with van der Waals surface area (Å²) in [6.07, 6.45) is 7.98. The maximum Gasteiger partial charge on any atom is 0.147 e. The molecule has 3 nitrogen and oxygen atoms in total. The van der Waals surface area contributed by atoms with Gasteiger partial charge in [0.25, 0.3) is 0 Å². The molecule has 0 heterocycles. The van der Waals surface area contributed by atoms with E-state index >= 15 is 0 Å². The summed E-state index contributed by atoms with van der Waals surface area (Å²) < 4.78 is 22.2. The summed E-state index contributed by atoms with van der Waals surface area (Å²) in [7, 11) is -2.83. The van der Waals surface area contributed by atoms with Gasteiger partial charge in [0.2, 0.25) is 0 Å². The minimum Gasteiger partial charge on any atom is -0.330 e. The van der Waals surface area contributed by atoms with Crippen molar-refractivity contribution >= 4 is 9.84 Å². The van der Waals surface area contributed by atoms with E-state index in [2.05, 4.69) is 0 Å². The fourth-order valence-corrected chi connectivity index (χ4v) is 3.06. The molecule has 0 radical (unpaired) electrons. The van der Waals surface area contributed by atoms with Crippen LogP contribution < -0.4 is 5.73 Å². The third-order valence-corrected chi connectivity index (χ3v) is 4.30. The summed E-state index contributed by atoms with van der Waals surface area (Å²) >= 11 is 0. The van der Waals surface area contributed by atoms with E-state index in [4.69, 9.17) is 5.73 Å². The van der Waals surface area contributed by atoms with Gasteiger partial charge in [-0.25, -0.2) is 8.42 Å². The molecule has 0 saturated heterocycles. The first kappa shape index (κ1) is 12.0. The van der Waals surface area contributed by atoms with E-state index in [0.717, 1.165) is 19.3 Å². The lowest BCUT2D eigenvalue weighted by molar-refractivity contribution is 0.192. The molecule has 1 rings (SSSR count). The van der Waals surface area contributed by atoms with Crippen LogP contribution in [0.4, 0.5) is 0 Å². The van der Waals surface area contributed by atoms with Crippen molar-refractivity contribution in [2.45, 2.75) is 38.5 Å². The summed E-state index contributed by atoms with van der Waals surface area (Å²) in [5.41, 5.74) is 5.90. The maximum atomic E-state index is 11.1. The van der Waals surface area contributed by atoms with Crippen molar-refractivity contribution in [2.24, 2.45) is 11.1 Å². The Morgan fingerprint density at radius 2 is 1.79 bits per heavy atom. The Kier molecular flexibility index (Phi) is 3.95. The van der Waals surface area contributed by atoms with Gasteiger partial charge in [-0.15, -0.1) is 0 Å². The van der Waals surface area contributed by atoms with Gasteiger partial charge in [-0.2, -0.15) is 0 Å². The van der Waals surface area contributed by atoms with E-state index in [1.807, 2.05) is 0 Å². The topological polar surface area (TPSA) is 60.2 Å². The van der Waals surface area contributed by atoms with Crippen LogP contribution in [0.25, 0.3) is 0 Å². The molecule has 84 valence electrons. The van der Waals surface area contributed by atoms with Crippen molar-refractivity contribution in [3.8, 4) is 0 Å². The summed E-state index contributed by atoms with van der Waals surface area (Å²) in [5, 5.41) is 0. The molecule has 1 fully saturated rings. The molecule has 4 heteroatoms. The zero-order valence-electron chi connectivity index (χ0n) is 8.96. The molecule has 0 bridgehead atoms. The number of hydrogen-bond donors (Lipinski definition) is 1. The summed E-state index contributed by atoms with van der Waals surface area (Å²) in [6, 6.07) is 0. The Labute approximate surface area is 87.0 Å². The first-order valence-electron chi connectivity index (χ1n) is 5.35. The molecule has 0 aromatic carbocycles. The summed E-state index contributed by atoms with van der Waals surface area (Å²) in [4.78, 5) is 0. The lowest BCUT2D eigenvalue weighted by Gasteiger charge is -2.36. The number of sulfone groups is 1. The fourth-order valence-electron chi connectivity index (χ4n) is 2.26. The molecular formula is C10H21NO2S. The molecule has 1 saturated carbocycles. The second-order valence-electron chi connectivity index (χ2n) is 4.64. The van der Waals surface area contributed by atoms with Gasteiger partial charge in [-0.1, -0.05) is 19.3 Å². The highest BCUT2D eigenvalue weighted by atomic mass is 32.2. The highest BCUT2D eigenvalue weighted by molar-refractivity contribution is 7.90. The lowest BCUT2D eigenvalue weighted by atomic mass is 9.72. The quantitative estimate of drug-likeness (QED) is 0.776. The molecule has 0 spiro atoms. The third-order valence-electron chi connectivity index (χ3n) is 3.35. The minimum absolute atomic E-state index is 0.126. The average Bonchev–Trinajstić information content (AvgIpc) is 2.15. The van der Waals surface area contributed by atoms with Crippen LogP contribution in [0.2, 0.25) is 0 Å². The first-order valence-corrected chi connectivity index (χ1v) is 7.41. The zero-order chi connectivity index (χ0) is 10.7. The van der Waals surface area contributed by atoms with E-state index in [0.29, 0.717) is 12.3 Å². The van der Waals surface area contributed by atoms with E-state index in [-0.39, 0.29) is 5.41 Å². The van der Waals surface area contributed by atoms with Gasteiger partial charge >= 0.3 is 0 Å². The lowest BCUT2D eigenvalue weighted by Crippen LogP contribution is -2.34. The van der Waals surface area contributed by atoms with Crippen molar-refractivity contribution in [3.63, 3.8) is 0 Å². The normalized spacial score (nSPS) is 22.1. The van der Waals surface area contributed by atoms with E-state index in [9.17, 15) is 8.42 Å². The minimum atomic E-state index is -2.83. The predicted molar refractivity (Wildman–Crippen MR) is 58.9 cm³/mol. The van der Waals surface area contributed by atoms with Crippen LogP contribution in [0.3, 0.4) is 0 Å². The molecule has 1 aliphatic rings. The molecule has 1 aliphatic carbocycles. The number of hydrogen-bond acceptors (Lipinski definition) is 3. The van der Waals surface area contributed by atoms with Crippen LogP contribution in [0.1, 0.15) is 38.5 Å². The van der Waals surface area contributed by atoms with Gasteiger partial charge < -0.3 is 5.73 Å². The Balaban J connectivity index is 2.52. The summed E-state index contributed by atoms with van der Waals surface area (Å²) in [6.45, 7) is 0.641. The summed E-state index contributed by atoms with van der Waals surface area (Å²) in [5.74, 6) is 0.296. The first-order chi connectivity index (χ1) is 6.47. The number of nitrogens with two attached hydrogens (primary N) is 1. The van der Waals surface area contributed by atoms with E-state index in [1.54, 1.807) is 0 Å².